The molecule has 108 valence electrons. The van der Waals surface area contributed by atoms with Gasteiger partial charge < -0.3 is 10.4 Å². The van der Waals surface area contributed by atoms with Crippen molar-refractivity contribution < 1.29 is 18.7 Å². The van der Waals surface area contributed by atoms with E-state index in [9.17, 15) is 13.6 Å². The Morgan fingerprint density at radius 1 is 1.45 bits per heavy atom. The Bertz CT molecular complexity index is 615. The van der Waals surface area contributed by atoms with Crippen molar-refractivity contribution in [3.05, 3.63) is 29.7 Å². The maximum absolute atomic E-state index is 12.7. The molecule has 2 heterocycles. The van der Waals surface area contributed by atoms with Crippen molar-refractivity contribution in [3.8, 4) is 0 Å². The molecule has 6 nitrogen and oxygen atoms in total. The van der Waals surface area contributed by atoms with E-state index in [4.69, 9.17) is 5.11 Å². The molecule has 0 saturated carbocycles. The van der Waals surface area contributed by atoms with E-state index in [1.807, 2.05) is 0 Å². The van der Waals surface area contributed by atoms with Crippen molar-refractivity contribution in [2.45, 2.75) is 25.8 Å². The molecule has 1 unspecified atom stereocenters. The summed E-state index contributed by atoms with van der Waals surface area (Å²) in [6.45, 7) is 1.71. The monoisotopic (exact) mass is 284 g/mol. The molecule has 2 rings (SSSR count). The molecule has 1 atom stereocenters. The number of aliphatic hydroxyl groups is 1. The number of rotatable bonds is 5. The van der Waals surface area contributed by atoms with Crippen LogP contribution in [0, 0.1) is 0 Å². The van der Waals surface area contributed by atoms with Crippen LogP contribution in [0.2, 0.25) is 0 Å². The van der Waals surface area contributed by atoms with Crippen LogP contribution in [0.25, 0.3) is 5.65 Å². The minimum atomic E-state index is -2.77. The molecule has 0 aliphatic carbocycles. The minimum absolute atomic E-state index is 0.0402. The van der Waals surface area contributed by atoms with Crippen molar-refractivity contribution in [2.75, 3.05) is 6.61 Å². The molecule has 20 heavy (non-hydrogen) atoms. The van der Waals surface area contributed by atoms with Gasteiger partial charge in [-0.25, -0.2) is 8.78 Å². The first-order valence-corrected chi connectivity index (χ1v) is 6.07. The topological polar surface area (TPSA) is 79.5 Å². The van der Waals surface area contributed by atoms with E-state index in [0.29, 0.717) is 6.42 Å². The molecule has 0 fully saturated rings. The number of pyridine rings is 1. The van der Waals surface area contributed by atoms with Crippen molar-refractivity contribution in [2.24, 2.45) is 0 Å². The molecule has 8 heteroatoms. The Morgan fingerprint density at radius 2 is 2.20 bits per heavy atom. The van der Waals surface area contributed by atoms with E-state index in [0.717, 1.165) is 4.40 Å². The quantitative estimate of drug-likeness (QED) is 0.863. The minimum Gasteiger partial charge on any atom is -0.396 e. The summed E-state index contributed by atoms with van der Waals surface area (Å²) in [5.41, 5.74) is 0.476. The molecule has 0 aliphatic heterocycles. The normalized spacial score (nSPS) is 12.8. The molecule has 0 aromatic carbocycles. The lowest BCUT2D eigenvalue weighted by Crippen LogP contribution is -2.33. The highest BCUT2D eigenvalue weighted by molar-refractivity contribution is 5.94. The number of nitrogens with one attached hydrogen (secondary N) is 1. The smallest absolute Gasteiger partial charge is 0.297 e. The van der Waals surface area contributed by atoms with E-state index in [1.165, 1.54) is 18.3 Å². The van der Waals surface area contributed by atoms with Crippen LogP contribution in [0.15, 0.2) is 18.3 Å². The van der Waals surface area contributed by atoms with Crippen LogP contribution in [0.3, 0.4) is 0 Å². The van der Waals surface area contributed by atoms with Crippen LogP contribution < -0.4 is 5.32 Å². The Labute approximate surface area is 113 Å². The van der Waals surface area contributed by atoms with Crippen molar-refractivity contribution in [1.82, 2.24) is 19.9 Å². The van der Waals surface area contributed by atoms with E-state index >= 15 is 0 Å². The van der Waals surface area contributed by atoms with Crippen LogP contribution in [-0.4, -0.2) is 38.3 Å². The van der Waals surface area contributed by atoms with Gasteiger partial charge in [-0.2, -0.15) is 0 Å². The van der Waals surface area contributed by atoms with Gasteiger partial charge in [0.15, 0.2) is 5.65 Å². The summed E-state index contributed by atoms with van der Waals surface area (Å²) in [6, 6.07) is 2.73. The molecule has 1 amide bonds. The maximum atomic E-state index is 12.7. The van der Waals surface area contributed by atoms with Crippen LogP contribution in [0.1, 0.15) is 36.0 Å². The molecule has 0 radical (unpaired) electrons. The zero-order chi connectivity index (χ0) is 14.7. The average Bonchev–Trinajstić information content (AvgIpc) is 2.81. The van der Waals surface area contributed by atoms with E-state index in [2.05, 4.69) is 15.5 Å². The number of carbonyl (C=O) groups is 1. The number of aromatic nitrogens is 3. The molecule has 2 aromatic rings. The standard InChI is InChI=1S/C12H14F2N4O2/c1-7(4-5-19)15-12(20)8-2-3-9-16-17-11(10(13)14)18(9)6-8/h2-3,6-7,10,19H,4-5H2,1H3,(H,15,20). The summed E-state index contributed by atoms with van der Waals surface area (Å²) in [6.07, 6.45) is -1.07. The number of alkyl halides is 2. The van der Waals surface area contributed by atoms with Gasteiger partial charge in [-0.1, -0.05) is 0 Å². The van der Waals surface area contributed by atoms with Gasteiger partial charge in [0, 0.05) is 18.8 Å². The number of amides is 1. The highest BCUT2D eigenvalue weighted by Crippen LogP contribution is 2.18. The number of halogens is 2. The first-order chi connectivity index (χ1) is 9.52. The van der Waals surface area contributed by atoms with E-state index in [1.54, 1.807) is 6.92 Å². The summed E-state index contributed by atoms with van der Waals surface area (Å²) in [5, 5.41) is 18.4. The lowest BCUT2D eigenvalue weighted by molar-refractivity contribution is 0.0933. The fourth-order valence-corrected chi connectivity index (χ4v) is 1.76. The van der Waals surface area contributed by atoms with Gasteiger partial charge in [0.2, 0.25) is 5.82 Å². The number of carbonyl (C=O) groups excluding carboxylic acids is 1. The largest absolute Gasteiger partial charge is 0.396 e. The third-order valence-electron chi connectivity index (χ3n) is 2.83. The van der Waals surface area contributed by atoms with Gasteiger partial charge >= 0.3 is 0 Å². The SMILES string of the molecule is CC(CCO)NC(=O)c1ccc2nnc(C(F)F)n2c1. The molecule has 2 aromatic heterocycles. The van der Waals surface area contributed by atoms with E-state index < -0.39 is 18.2 Å². The third kappa shape index (κ3) is 2.90. The summed E-state index contributed by atoms with van der Waals surface area (Å²) >= 11 is 0. The third-order valence-corrected chi connectivity index (χ3v) is 2.83. The Kier molecular flexibility index (Phi) is 4.23. The second kappa shape index (κ2) is 5.91. The molecular weight excluding hydrogens is 270 g/mol. The summed E-state index contributed by atoms with van der Waals surface area (Å²) in [5.74, 6) is -0.903. The fourth-order valence-electron chi connectivity index (χ4n) is 1.76. The zero-order valence-electron chi connectivity index (χ0n) is 10.8. The first kappa shape index (κ1) is 14.3. The van der Waals surface area contributed by atoms with Gasteiger partial charge in [-0.15, -0.1) is 10.2 Å². The van der Waals surface area contributed by atoms with Crippen LogP contribution in [0.4, 0.5) is 8.78 Å². The molecule has 0 spiro atoms. The molecule has 0 bridgehead atoms. The lowest BCUT2D eigenvalue weighted by Gasteiger charge is -2.12. The first-order valence-electron chi connectivity index (χ1n) is 6.07. The van der Waals surface area contributed by atoms with Gasteiger partial charge in [-0.05, 0) is 25.5 Å². The number of hydrogen-bond acceptors (Lipinski definition) is 4. The number of nitrogens with zero attached hydrogens (tertiary/aromatic N) is 3. The van der Waals surface area contributed by atoms with Crippen molar-refractivity contribution in [3.63, 3.8) is 0 Å². The van der Waals surface area contributed by atoms with Crippen molar-refractivity contribution in [1.29, 1.82) is 0 Å². The van der Waals surface area contributed by atoms with Crippen LogP contribution in [-0.2, 0) is 0 Å². The van der Waals surface area contributed by atoms with Gasteiger partial charge in [0.1, 0.15) is 0 Å². The number of hydrogen-bond donors (Lipinski definition) is 2. The number of fused-ring (bicyclic) bond motifs is 1. The maximum Gasteiger partial charge on any atom is 0.297 e. The van der Waals surface area contributed by atoms with Gasteiger partial charge in [0.05, 0.1) is 5.56 Å². The summed E-state index contributed by atoms with van der Waals surface area (Å²) in [4.78, 5) is 11.9. The second-order valence-corrected chi connectivity index (χ2v) is 4.39. The highest BCUT2D eigenvalue weighted by Gasteiger charge is 2.17. The molecule has 0 aliphatic rings. The predicted molar refractivity (Wildman–Crippen MR) is 66.6 cm³/mol. The van der Waals surface area contributed by atoms with E-state index in [-0.39, 0.29) is 23.9 Å². The van der Waals surface area contributed by atoms with Crippen LogP contribution in [0.5, 0.6) is 0 Å². The highest BCUT2D eigenvalue weighted by atomic mass is 19.3. The van der Waals surface area contributed by atoms with Gasteiger partial charge in [0.25, 0.3) is 12.3 Å². The molecular formula is C12H14F2N4O2. The predicted octanol–water partition coefficient (Wildman–Crippen LogP) is 1.17. The number of aliphatic hydroxyl groups excluding tert-OH is 1. The zero-order valence-corrected chi connectivity index (χ0v) is 10.8. The van der Waals surface area contributed by atoms with Gasteiger partial charge in [-0.3, -0.25) is 9.20 Å². The van der Waals surface area contributed by atoms with Crippen molar-refractivity contribution >= 4 is 11.6 Å². The Balaban J connectivity index is 2.26. The average molecular weight is 284 g/mol. The lowest BCUT2D eigenvalue weighted by atomic mass is 10.2. The second-order valence-electron chi connectivity index (χ2n) is 4.39. The molecule has 2 N–H and O–H groups in total. The fraction of sp³-hybridized carbons (Fsp3) is 0.417. The summed E-state index contributed by atoms with van der Waals surface area (Å²) in [7, 11) is 0. The van der Waals surface area contributed by atoms with Crippen LogP contribution >= 0.6 is 0 Å². The Morgan fingerprint density at radius 3 is 2.85 bits per heavy atom. The Hall–Kier alpha value is -2.09. The summed E-state index contributed by atoms with van der Waals surface area (Å²) < 4.78 is 26.5. The molecule has 0 saturated heterocycles.